The lowest BCUT2D eigenvalue weighted by Crippen LogP contribution is -2.35. The molecule has 0 aliphatic heterocycles. The molecule has 0 aromatic heterocycles. The molecule has 1 aromatic rings. The molecule has 1 aromatic carbocycles. The van der Waals surface area contributed by atoms with E-state index in [0.717, 1.165) is 12.1 Å². The molecular weight excluding hydrogens is 259 g/mol. The summed E-state index contributed by atoms with van der Waals surface area (Å²) < 4.78 is 36.7. The number of carboxylic acid groups (broad SMARTS) is 1. The Kier molecular flexibility index (Phi) is 4.45. The van der Waals surface area contributed by atoms with Gasteiger partial charge in [0, 0.05) is 0 Å². The van der Waals surface area contributed by atoms with Crippen molar-refractivity contribution in [2.75, 3.05) is 0 Å². The molecule has 1 atom stereocenters. The van der Waals surface area contributed by atoms with Crippen molar-refractivity contribution in [3.8, 4) is 0 Å². The molecule has 0 aliphatic carbocycles. The normalized spacial score (nSPS) is 13.6. The van der Waals surface area contributed by atoms with Crippen LogP contribution in [0.1, 0.15) is 19.4 Å². The molecule has 0 amide bonds. The van der Waals surface area contributed by atoms with E-state index in [1.54, 1.807) is 13.8 Å². The van der Waals surface area contributed by atoms with Gasteiger partial charge in [0.1, 0.15) is 5.82 Å². The highest BCUT2D eigenvalue weighted by Gasteiger charge is 2.35. The summed E-state index contributed by atoms with van der Waals surface area (Å²) in [5.74, 6) is -2.74. The topological polar surface area (TPSA) is 71.4 Å². The summed E-state index contributed by atoms with van der Waals surface area (Å²) in [6.45, 7) is 3.09. The molecule has 1 N–H and O–H groups in total. The second kappa shape index (κ2) is 5.48. The van der Waals surface area contributed by atoms with Crippen LogP contribution in [0.4, 0.5) is 4.39 Å². The first kappa shape index (κ1) is 14.6. The number of carbonyl (C=O) groups is 1. The number of hydrogen-bond acceptors (Lipinski definition) is 3. The minimum Gasteiger partial charge on any atom is -0.480 e. The van der Waals surface area contributed by atoms with Gasteiger partial charge < -0.3 is 5.11 Å². The van der Waals surface area contributed by atoms with E-state index in [1.165, 1.54) is 12.1 Å². The van der Waals surface area contributed by atoms with Crippen LogP contribution in [0.3, 0.4) is 0 Å². The molecule has 0 bridgehead atoms. The maximum Gasteiger partial charge on any atom is 0.322 e. The fourth-order valence-electron chi connectivity index (χ4n) is 1.76. The highest BCUT2D eigenvalue weighted by Crippen LogP contribution is 2.18. The van der Waals surface area contributed by atoms with Crippen LogP contribution in [0.25, 0.3) is 0 Å². The zero-order chi connectivity index (χ0) is 13.9. The van der Waals surface area contributed by atoms with Gasteiger partial charge in [0.2, 0.25) is 0 Å². The molecule has 0 saturated carbocycles. The molecule has 0 spiro atoms. The SMILES string of the molecule is CC(C)C(C(=O)O)S(=O)(=O)Cc1ccc(F)cc1. The zero-order valence-electron chi connectivity index (χ0n) is 10.1. The van der Waals surface area contributed by atoms with Crippen molar-refractivity contribution in [1.29, 1.82) is 0 Å². The van der Waals surface area contributed by atoms with Crippen molar-refractivity contribution in [2.24, 2.45) is 5.92 Å². The second-order valence-electron chi connectivity index (χ2n) is 4.44. The molecule has 0 fully saturated rings. The van der Waals surface area contributed by atoms with E-state index in [0.29, 0.717) is 5.56 Å². The van der Waals surface area contributed by atoms with Crippen molar-refractivity contribution in [3.63, 3.8) is 0 Å². The number of carboxylic acids is 1. The van der Waals surface area contributed by atoms with E-state index < -0.39 is 38.5 Å². The Morgan fingerprint density at radius 3 is 2.17 bits per heavy atom. The van der Waals surface area contributed by atoms with Crippen molar-refractivity contribution >= 4 is 15.8 Å². The number of halogens is 1. The molecule has 0 heterocycles. The van der Waals surface area contributed by atoms with Crippen LogP contribution < -0.4 is 0 Å². The minimum atomic E-state index is -3.81. The molecule has 1 rings (SSSR count). The Morgan fingerprint density at radius 2 is 1.78 bits per heavy atom. The summed E-state index contributed by atoms with van der Waals surface area (Å²) in [6.07, 6.45) is 0. The van der Waals surface area contributed by atoms with Gasteiger partial charge >= 0.3 is 5.97 Å². The van der Waals surface area contributed by atoms with Crippen molar-refractivity contribution in [2.45, 2.75) is 24.9 Å². The molecule has 1 unspecified atom stereocenters. The zero-order valence-corrected chi connectivity index (χ0v) is 10.9. The number of benzene rings is 1. The van der Waals surface area contributed by atoms with Crippen LogP contribution in [-0.4, -0.2) is 24.7 Å². The lowest BCUT2D eigenvalue weighted by molar-refractivity contribution is -0.137. The van der Waals surface area contributed by atoms with Gasteiger partial charge in [-0.1, -0.05) is 26.0 Å². The van der Waals surface area contributed by atoms with Gasteiger partial charge in [-0.05, 0) is 23.6 Å². The second-order valence-corrected chi connectivity index (χ2v) is 6.56. The Hall–Kier alpha value is -1.43. The summed E-state index contributed by atoms with van der Waals surface area (Å²) in [5.41, 5.74) is 0.378. The summed E-state index contributed by atoms with van der Waals surface area (Å²) in [4.78, 5) is 11.0. The van der Waals surface area contributed by atoms with E-state index in [2.05, 4.69) is 0 Å². The quantitative estimate of drug-likeness (QED) is 0.889. The Labute approximate surface area is 105 Å². The van der Waals surface area contributed by atoms with E-state index in [-0.39, 0.29) is 0 Å². The minimum absolute atomic E-state index is 0.378. The third-order valence-electron chi connectivity index (χ3n) is 2.52. The van der Waals surface area contributed by atoms with E-state index >= 15 is 0 Å². The van der Waals surface area contributed by atoms with Gasteiger partial charge in [0.05, 0.1) is 5.75 Å². The Bertz CT molecular complexity index is 520. The monoisotopic (exact) mass is 274 g/mol. The van der Waals surface area contributed by atoms with Crippen molar-refractivity contribution < 1.29 is 22.7 Å². The van der Waals surface area contributed by atoms with Crippen LogP contribution >= 0.6 is 0 Å². The summed E-state index contributed by atoms with van der Waals surface area (Å²) in [7, 11) is -3.81. The van der Waals surface area contributed by atoms with Crippen molar-refractivity contribution in [1.82, 2.24) is 0 Å². The highest BCUT2D eigenvalue weighted by atomic mass is 32.2. The number of rotatable bonds is 5. The molecule has 0 aliphatic rings. The molecule has 4 nitrogen and oxygen atoms in total. The fraction of sp³-hybridized carbons (Fsp3) is 0.417. The molecule has 100 valence electrons. The van der Waals surface area contributed by atoms with Crippen LogP contribution in [0, 0.1) is 11.7 Å². The predicted molar refractivity (Wildman–Crippen MR) is 65.3 cm³/mol. The first-order valence-electron chi connectivity index (χ1n) is 5.43. The van der Waals surface area contributed by atoms with E-state index in [9.17, 15) is 17.6 Å². The van der Waals surface area contributed by atoms with Crippen LogP contribution in [0.5, 0.6) is 0 Å². The van der Waals surface area contributed by atoms with Gasteiger partial charge in [0.15, 0.2) is 15.1 Å². The molecule has 6 heteroatoms. The molecule has 0 radical (unpaired) electrons. The largest absolute Gasteiger partial charge is 0.480 e. The van der Waals surface area contributed by atoms with Crippen LogP contribution in [0.15, 0.2) is 24.3 Å². The highest BCUT2D eigenvalue weighted by molar-refractivity contribution is 7.92. The lowest BCUT2D eigenvalue weighted by atomic mass is 10.1. The van der Waals surface area contributed by atoms with Crippen molar-refractivity contribution in [3.05, 3.63) is 35.6 Å². The van der Waals surface area contributed by atoms with Gasteiger partial charge in [-0.25, -0.2) is 12.8 Å². The predicted octanol–water partition coefficient (Wildman–Crippen LogP) is 1.85. The van der Waals surface area contributed by atoms with Crippen LogP contribution in [-0.2, 0) is 20.4 Å². The molecule has 0 saturated heterocycles. The Morgan fingerprint density at radius 1 is 1.28 bits per heavy atom. The average Bonchev–Trinajstić information content (AvgIpc) is 2.19. The summed E-state index contributed by atoms with van der Waals surface area (Å²) in [6, 6.07) is 4.98. The molecular formula is C12H15FO4S. The van der Waals surface area contributed by atoms with Gasteiger partial charge in [-0.2, -0.15) is 0 Å². The molecule has 18 heavy (non-hydrogen) atoms. The third-order valence-corrected chi connectivity index (χ3v) is 4.77. The average molecular weight is 274 g/mol. The standard InChI is InChI=1S/C12H15FO4S/c1-8(2)11(12(14)15)18(16,17)7-9-3-5-10(13)6-4-9/h3-6,8,11H,7H2,1-2H3,(H,14,15). The maximum atomic E-state index is 12.7. The number of aliphatic carboxylic acids is 1. The third kappa shape index (κ3) is 3.53. The number of hydrogen-bond donors (Lipinski definition) is 1. The van der Waals surface area contributed by atoms with Crippen LogP contribution in [0.2, 0.25) is 0 Å². The van der Waals surface area contributed by atoms with Gasteiger partial charge in [0.25, 0.3) is 0 Å². The fourth-order valence-corrected chi connectivity index (χ4v) is 3.73. The van der Waals surface area contributed by atoms with E-state index in [1.807, 2.05) is 0 Å². The maximum absolute atomic E-state index is 12.7. The first-order valence-corrected chi connectivity index (χ1v) is 7.14. The summed E-state index contributed by atoms with van der Waals surface area (Å²) in [5, 5.41) is 7.52. The number of sulfone groups is 1. The first-order chi connectivity index (χ1) is 8.24. The lowest BCUT2D eigenvalue weighted by Gasteiger charge is -2.16. The Balaban J connectivity index is 3.00. The van der Waals surface area contributed by atoms with Gasteiger partial charge in [-0.15, -0.1) is 0 Å². The summed E-state index contributed by atoms with van der Waals surface area (Å²) >= 11 is 0. The smallest absolute Gasteiger partial charge is 0.322 e. The van der Waals surface area contributed by atoms with Gasteiger partial charge in [-0.3, -0.25) is 4.79 Å². The van der Waals surface area contributed by atoms with E-state index in [4.69, 9.17) is 5.11 Å².